The molecule has 1 amide bonds. The van der Waals surface area contributed by atoms with E-state index < -0.39 is 0 Å². The quantitative estimate of drug-likeness (QED) is 0.729. The zero-order valence-corrected chi connectivity index (χ0v) is 16.1. The SMILES string of the molecule is CCc1c(C)noc1-c1cnc(N2CCNC(=O)C2)nc1-c1cnc(C)cn1. The van der Waals surface area contributed by atoms with Gasteiger partial charge in [-0.25, -0.2) is 9.97 Å². The summed E-state index contributed by atoms with van der Waals surface area (Å²) < 4.78 is 5.60. The Morgan fingerprint density at radius 2 is 2.04 bits per heavy atom. The summed E-state index contributed by atoms with van der Waals surface area (Å²) in [5.41, 5.74) is 4.60. The lowest BCUT2D eigenvalue weighted by atomic mass is 10.0. The van der Waals surface area contributed by atoms with Crippen molar-refractivity contribution in [3.05, 3.63) is 35.5 Å². The van der Waals surface area contributed by atoms with Crippen molar-refractivity contribution >= 4 is 11.9 Å². The minimum absolute atomic E-state index is 0.0465. The Kier molecular flexibility index (Phi) is 4.72. The Balaban J connectivity index is 1.85. The van der Waals surface area contributed by atoms with E-state index in [2.05, 4.69) is 32.3 Å². The fourth-order valence-corrected chi connectivity index (χ4v) is 3.23. The van der Waals surface area contributed by atoms with Crippen molar-refractivity contribution in [1.29, 1.82) is 0 Å². The predicted molar refractivity (Wildman–Crippen MR) is 103 cm³/mol. The molecule has 3 aromatic heterocycles. The van der Waals surface area contributed by atoms with Crippen molar-refractivity contribution < 1.29 is 9.32 Å². The van der Waals surface area contributed by atoms with Gasteiger partial charge in [-0.3, -0.25) is 14.8 Å². The van der Waals surface area contributed by atoms with Gasteiger partial charge in [0.15, 0.2) is 5.76 Å². The lowest BCUT2D eigenvalue weighted by molar-refractivity contribution is -0.120. The first kappa shape index (κ1) is 18.0. The van der Waals surface area contributed by atoms with Crippen molar-refractivity contribution in [3.63, 3.8) is 0 Å². The summed E-state index contributed by atoms with van der Waals surface area (Å²) in [7, 11) is 0. The fraction of sp³-hybridized carbons (Fsp3) is 0.368. The van der Waals surface area contributed by atoms with Crippen molar-refractivity contribution in [1.82, 2.24) is 30.4 Å². The third-order valence-electron chi connectivity index (χ3n) is 4.70. The van der Waals surface area contributed by atoms with Crippen LogP contribution >= 0.6 is 0 Å². The minimum atomic E-state index is -0.0465. The van der Waals surface area contributed by atoms with Gasteiger partial charge < -0.3 is 14.7 Å². The average molecular weight is 379 g/mol. The summed E-state index contributed by atoms with van der Waals surface area (Å²) in [6.45, 7) is 7.27. The molecule has 0 aliphatic carbocycles. The number of carbonyl (C=O) groups excluding carboxylic acids is 1. The van der Waals surface area contributed by atoms with Crippen LogP contribution < -0.4 is 10.2 Å². The largest absolute Gasteiger partial charge is 0.356 e. The molecule has 144 valence electrons. The summed E-state index contributed by atoms with van der Waals surface area (Å²) in [4.78, 5) is 31.7. The van der Waals surface area contributed by atoms with Crippen molar-refractivity contribution in [2.24, 2.45) is 0 Å². The van der Waals surface area contributed by atoms with Crippen LogP contribution in [0.4, 0.5) is 5.95 Å². The summed E-state index contributed by atoms with van der Waals surface area (Å²) in [6.07, 6.45) is 5.87. The second-order valence-electron chi connectivity index (χ2n) is 6.68. The molecule has 0 aromatic carbocycles. The van der Waals surface area contributed by atoms with Gasteiger partial charge in [0.2, 0.25) is 11.9 Å². The molecular formula is C19H21N7O2. The number of nitrogens with zero attached hydrogens (tertiary/aromatic N) is 6. The molecule has 9 heteroatoms. The van der Waals surface area contributed by atoms with Crippen LogP contribution in [0.3, 0.4) is 0 Å². The molecule has 3 aromatic rings. The van der Waals surface area contributed by atoms with Crippen LogP contribution in [0.15, 0.2) is 23.1 Å². The van der Waals surface area contributed by atoms with Crippen LogP contribution in [0.2, 0.25) is 0 Å². The summed E-state index contributed by atoms with van der Waals surface area (Å²) in [6, 6.07) is 0. The number of carbonyl (C=O) groups is 1. The molecule has 0 atom stereocenters. The number of nitrogens with one attached hydrogen (secondary N) is 1. The molecule has 0 unspecified atom stereocenters. The highest BCUT2D eigenvalue weighted by atomic mass is 16.5. The van der Waals surface area contributed by atoms with Gasteiger partial charge >= 0.3 is 0 Å². The lowest BCUT2D eigenvalue weighted by Gasteiger charge is -2.27. The van der Waals surface area contributed by atoms with Gasteiger partial charge in [0.05, 0.1) is 29.7 Å². The zero-order valence-electron chi connectivity index (χ0n) is 16.1. The number of piperazine rings is 1. The zero-order chi connectivity index (χ0) is 19.7. The Morgan fingerprint density at radius 3 is 2.75 bits per heavy atom. The first-order valence-corrected chi connectivity index (χ1v) is 9.20. The third-order valence-corrected chi connectivity index (χ3v) is 4.70. The monoisotopic (exact) mass is 379 g/mol. The number of hydrogen-bond acceptors (Lipinski definition) is 8. The number of rotatable bonds is 4. The van der Waals surface area contributed by atoms with E-state index >= 15 is 0 Å². The molecule has 1 saturated heterocycles. The maximum atomic E-state index is 11.8. The number of anilines is 1. The Labute approximate surface area is 162 Å². The number of amides is 1. The third kappa shape index (κ3) is 3.30. The van der Waals surface area contributed by atoms with Gasteiger partial charge in [-0.2, -0.15) is 0 Å². The van der Waals surface area contributed by atoms with E-state index in [0.29, 0.717) is 41.7 Å². The molecule has 4 heterocycles. The Hall–Kier alpha value is -3.36. The van der Waals surface area contributed by atoms with Crippen molar-refractivity contribution in [2.75, 3.05) is 24.5 Å². The highest BCUT2D eigenvalue weighted by molar-refractivity contribution is 5.83. The molecule has 1 aliphatic rings. The van der Waals surface area contributed by atoms with Crippen LogP contribution in [-0.4, -0.2) is 50.6 Å². The fourth-order valence-electron chi connectivity index (χ4n) is 3.23. The highest BCUT2D eigenvalue weighted by Crippen LogP contribution is 2.33. The van der Waals surface area contributed by atoms with Crippen LogP contribution in [-0.2, 0) is 11.2 Å². The van der Waals surface area contributed by atoms with E-state index in [1.807, 2.05) is 18.7 Å². The van der Waals surface area contributed by atoms with Crippen LogP contribution in [0.25, 0.3) is 22.7 Å². The molecule has 0 saturated carbocycles. The van der Waals surface area contributed by atoms with Crippen molar-refractivity contribution in [3.8, 4) is 22.7 Å². The van der Waals surface area contributed by atoms with Crippen LogP contribution in [0.5, 0.6) is 0 Å². The predicted octanol–water partition coefficient (Wildman–Crippen LogP) is 1.70. The molecule has 1 N–H and O–H groups in total. The topological polar surface area (TPSA) is 110 Å². The van der Waals surface area contributed by atoms with E-state index in [1.165, 1.54) is 0 Å². The highest BCUT2D eigenvalue weighted by Gasteiger charge is 2.24. The van der Waals surface area contributed by atoms with Crippen LogP contribution in [0.1, 0.15) is 23.9 Å². The van der Waals surface area contributed by atoms with E-state index in [0.717, 1.165) is 23.4 Å². The number of hydrogen-bond donors (Lipinski definition) is 1. The number of aryl methyl sites for hydroxylation is 2. The van der Waals surface area contributed by atoms with Gasteiger partial charge in [0, 0.05) is 31.0 Å². The van der Waals surface area contributed by atoms with Crippen molar-refractivity contribution in [2.45, 2.75) is 27.2 Å². The van der Waals surface area contributed by atoms with E-state index in [4.69, 9.17) is 9.51 Å². The van der Waals surface area contributed by atoms with E-state index in [9.17, 15) is 4.79 Å². The average Bonchev–Trinajstić information content (AvgIpc) is 3.08. The smallest absolute Gasteiger partial charge is 0.239 e. The first-order chi connectivity index (χ1) is 13.6. The second-order valence-corrected chi connectivity index (χ2v) is 6.68. The van der Waals surface area contributed by atoms with E-state index in [-0.39, 0.29) is 12.5 Å². The maximum absolute atomic E-state index is 11.8. The molecule has 0 radical (unpaired) electrons. The molecule has 1 aliphatic heterocycles. The molecule has 9 nitrogen and oxygen atoms in total. The Bertz CT molecular complexity index is 1010. The van der Waals surface area contributed by atoms with E-state index in [1.54, 1.807) is 18.6 Å². The second kappa shape index (κ2) is 7.34. The minimum Gasteiger partial charge on any atom is -0.356 e. The molecule has 4 rings (SSSR count). The van der Waals surface area contributed by atoms with Crippen LogP contribution in [0, 0.1) is 13.8 Å². The van der Waals surface area contributed by atoms with Gasteiger partial charge in [-0.1, -0.05) is 12.1 Å². The molecular weight excluding hydrogens is 358 g/mol. The first-order valence-electron chi connectivity index (χ1n) is 9.20. The van der Waals surface area contributed by atoms with Gasteiger partial charge in [0.1, 0.15) is 11.4 Å². The van der Waals surface area contributed by atoms with Gasteiger partial charge in [0.25, 0.3) is 0 Å². The normalized spacial score (nSPS) is 14.2. The van der Waals surface area contributed by atoms with Gasteiger partial charge in [-0.15, -0.1) is 0 Å². The summed E-state index contributed by atoms with van der Waals surface area (Å²) in [5, 5.41) is 6.91. The summed E-state index contributed by atoms with van der Waals surface area (Å²) in [5.74, 6) is 1.07. The number of aromatic nitrogens is 5. The molecule has 28 heavy (non-hydrogen) atoms. The standard InChI is InChI=1S/C19H21N7O2/c1-4-13-12(3)25-28-18(13)14-8-23-19(26-6-5-20-16(27)10-26)24-17(14)15-9-21-11(2)7-22-15/h7-9H,4-6,10H2,1-3H3,(H,20,27). The molecule has 0 spiro atoms. The lowest BCUT2D eigenvalue weighted by Crippen LogP contribution is -2.48. The summed E-state index contributed by atoms with van der Waals surface area (Å²) >= 11 is 0. The Morgan fingerprint density at radius 1 is 1.18 bits per heavy atom. The van der Waals surface area contributed by atoms with Gasteiger partial charge in [-0.05, 0) is 20.3 Å². The maximum Gasteiger partial charge on any atom is 0.239 e. The molecule has 1 fully saturated rings. The molecule has 0 bridgehead atoms.